The Hall–Kier alpha value is -0.870. The van der Waals surface area contributed by atoms with Crippen molar-refractivity contribution >= 4 is 0 Å². The van der Waals surface area contributed by atoms with E-state index in [0.717, 1.165) is 25.3 Å². The lowest BCUT2D eigenvalue weighted by Gasteiger charge is -2.12. The average molecular weight is 225 g/mol. The smallest absolute Gasteiger partial charge is 0.111 e. The highest BCUT2D eigenvalue weighted by molar-refractivity contribution is 4.97. The fourth-order valence-corrected chi connectivity index (χ4v) is 1.67. The zero-order chi connectivity index (χ0) is 12.0. The molecule has 4 nitrogen and oxygen atoms in total. The van der Waals surface area contributed by atoms with Gasteiger partial charge in [0.2, 0.25) is 0 Å². The third-order valence-electron chi connectivity index (χ3n) is 2.61. The Morgan fingerprint density at radius 1 is 1.44 bits per heavy atom. The number of rotatable bonds is 7. The monoisotopic (exact) mass is 225 g/mol. The van der Waals surface area contributed by atoms with Crippen LogP contribution in [0.5, 0.6) is 0 Å². The molecule has 0 aliphatic carbocycles. The van der Waals surface area contributed by atoms with Crippen LogP contribution in [0, 0.1) is 0 Å². The van der Waals surface area contributed by atoms with Gasteiger partial charge in [-0.1, -0.05) is 13.8 Å². The quantitative estimate of drug-likeness (QED) is 0.689. The van der Waals surface area contributed by atoms with Crippen LogP contribution in [-0.4, -0.2) is 33.9 Å². The molecule has 1 aromatic rings. The van der Waals surface area contributed by atoms with Gasteiger partial charge in [-0.2, -0.15) is 0 Å². The van der Waals surface area contributed by atoms with Gasteiger partial charge < -0.3 is 15.0 Å². The first-order valence-corrected chi connectivity index (χ1v) is 6.00. The van der Waals surface area contributed by atoms with Gasteiger partial charge in [-0.05, 0) is 19.9 Å². The predicted octanol–water partition coefficient (Wildman–Crippen LogP) is 1.37. The number of aryl methyl sites for hydroxylation is 1. The molecule has 0 radical (unpaired) electrons. The van der Waals surface area contributed by atoms with E-state index in [9.17, 15) is 0 Å². The summed E-state index contributed by atoms with van der Waals surface area (Å²) in [4.78, 5) is 4.35. The number of hydrogen-bond donors (Lipinski definition) is 2. The molecule has 1 atom stereocenters. The number of imidazole rings is 1. The van der Waals surface area contributed by atoms with Gasteiger partial charge in [0.25, 0.3) is 0 Å². The van der Waals surface area contributed by atoms with E-state index in [0.29, 0.717) is 5.92 Å². The molecule has 1 unspecified atom stereocenters. The van der Waals surface area contributed by atoms with Crippen LogP contribution in [0.4, 0.5) is 0 Å². The Balaban J connectivity index is 2.29. The Labute approximate surface area is 97.7 Å². The maximum atomic E-state index is 8.86. The first-order chi connectivity index (χ1) is 7.65. The molecule has 0 amide bonds. The SMILES string of the molecule is CC(CO)NCCCn1ccnc1C(C)C. The van der Waals surface area contributed by atoms with E-state index in [2.05, 4.69) is 28.7 Å². The number of aliphatic hydroxyl groups is 1. The summed E-state index contributed by atoms with van der Waals surface area (Å²) in [6.45, 7) is 8.41. The Bertz CT molecular complexity index is 296. The Morgan fingerprint density at radius 3 is 2.81 bits per heavy atom. The molecule has 4 heteroatoms. The first kappa shape index (κ1) is 13.2. The summed E-state index contributed by atoms with van der Waals surface area (Å²) in [6.07, 6.45) is 4.95. The number of hydrogen-bond acceptors (Lipinski definition) is 3. The fourth-order valence-electron chi connectivity index (χ4n) is 1.67. The standard InChI is InChI=1S/C12H23N3O/c1-10(2)12-14-6-8-15(12)7-4-5-13-11(3)9-16/h6,8,10-11,13,16H,4-5,7,9H2,1-3H3. The van der Waals surface area contributed by atoms with Crippen molar-refractivity contribution in [1.82, 2.24) is 14.9 Å². The molecule has 0 bridgehead atoms. The lowest BCUT2D eigenvalue weighted by atomic mass is 10.2. The molecule has 0 fully saturated rings. The van der Waals surface area contributed by atoms with Crippen molar-refractivity contribution in [3.8, 4) is 0 Å². The lowest BCUT2D eigenvalue weighted by Crippen LogP contribution is -2.30. The Kier molecular flexibility index (Phi) is 5.49. The molecule has 0 saturated carbocycles. The first-order valence-electron chi connectivity index (χ1n) is 6.00. The van der Waals surface area contributed by atoms with Gasteiger partial charge in [-0.15, -0.1) is 0 Å². The zero-order valence-corrected chi connectivity index (χ0v) is 10.5. The number of nitrogens with zero attached hydrogens (tertiary/aromatic N) is 2. The van der Waals surface area contributed by atoms with Gasteiger partial charge >= 0.3 is 0 Å². The van der Waals surface area contributed by atoms with Gasteiger partial charge in [-0.25, -0.2) is 4.98 Å². The van der Waals surface area contributed by atoms with E-state index in [1.54, 1.807) is 0 Å². The minimum absolute atomic E-state index is 0.187. The molecule has 1 heterocycles. The number of aromatic nitrogens is 2. The largest absolute Gasteiger partial charge is 0.395 e. The van der Waals surface area contributed by atoms with Crippen LogP contribution < -0.4 is 5.32 Å². The molecule has 0 aliphatic rings. The van der Waals surface area contributed by atoms with E-state index in [-0.39, 0.29) is 12.6 Å². The molecule has 0 aromatic carbocycles. The van der Waals surface area contributed by atoms with Crippen molar-refractivity contribution in [1.29, 1.82) is 0 Å². The second-order valence-electron chi connectivity index (χ2n) is 4.52. The lowest BCUT2D eigenvalue weighted by molar-refractivity contribution is 0.251. The summed E-state index contributed by atoms with van der Waals surface area (Å²) in [7, 11) is 0. The van der Waals surface area contributed by atoms with E-state index in [4.69, 9.17) is 5.11 Å². The van der Waals surface area contributed by atoms with Crippen LogP contribution in [-0.2, 0) is 6.54 Å². The topological polar surface area (TPSA) is 50.1 Å². The maximum Gasteiger partial charge on any atom is 0.111 e. The average Bonchev–Trinajstić information content (AvgIpc) is 2.72. The number of aliphatic hydroxyl groups excluding tert-OH is 1. The van der Waals surface area contributed by atoms with E-state index in [1.165, 1.54) is 0 Å². The van der Waals surface area contributed by atoms with Crippen LogP contribution in [0.15, 0.2) is 12.4 Å². The van der Waals surface area contributed by atoms with Crippen LogP contribution in [0.3, 0.4) is 0 Å². The van der Waals surface area contributed by atoms with Crippen molar-refractivity contribution in [2.75, 3.05) is 13.2 Å². The summed E-state index contributed by atoms with van der Waals surface area (Å²) >= 11 is 0. The summed E-state index contributed by atoms with van der Waals surface area (Å²) in [5.41, 5.74) is 0. The van der Waals surface area contributed by atoms with Crippen LogP contribution in [0.1, 0.15) is 38.9 Å². The normalized spacial score (nSPS) is 13.3. The van der Waals surface area contributed by atoms with Crippen molar-refractivity contribution in [3.05, 3.63) is 18.2 Å². The van der Waals surface area contributed by atoms with E-state index >= 15 is 0 Å². The fraction of sp³-hybridized carbons (Fsp3) is 0.750. The van der Waals surface area contributed by atoms with Crippen molar-refractivity contribution < 1.29 is 5.11 Å². The summed E-state index contributed by atoms with van der Waals surface area (Å²) < 4.78 is 2.20. The van der Waals surface area contributed by atoms with Crippen LogP contribution >= 0.6 is 0 Å². The summed E-state index contributed by atoms with van der Waals surface area (Å²) in [6, 6.07) is 0.187. The van der Waals surface area contributed by atoms with E-state index < -0.39 is 0 Å². The van der Waals surface area contributed by atoms with Gasteiger partial charge in [0.1, 0.15) is 5.82 Å². The van der Waals surface area contributed by atoms with Gasteiger partial charge in [-0.3, -0.25) is 0 Å². The highest BCUT2D eigenvalue weighted by Crippen LogP contribution is 2.11. The minimum atomic E-state index is 0.187. The second kappa shape index (κ2) is 6.66. The maximum absolute atomic E-state index is 8.86. The molecule has 0 saturated heterocycles. The van der Waals surface area contributed by atoms with Gasteiger partial charge in [0, 0.05) is 30.9 Å². The molecule has 16 heavy (non-hydrogen) atoms. The van der Waals surface area contributed by atoms with Gasteiger partial charge in [0.15, 0.2) is 0 Å². The predicted molar refractivity (Wildman–Crippen MR) is 65.5 cm³/mol. The summed E-state index contributed by atoms with van der Waals surface area (Å²) in [5.74, 6) is 1.62. The molecule has 92 valence electrons. The molecule has 2 N–H and O–H groups in total. The molecule has 1 rings (SSSR count). The van der Waals surface area contributed by atoms with Crippen LogP contribution in [0.25, 0.3) is 0 Å². The summed E-state index contributed by atoms with van der Waals surface area (Å²) in [5, 5.41) is 12.1. The second-order valence-corrected chi connectivity index (χ2v) is 4.52. The highest BCUT2D eigenvalue weighted by Gasteiger charge is 2.06. The zero-order valence-electron chi connectivity index (χ0n) is 10.5. The van der Waals surface area contributed by atoms with Gasteiger partial charge in [0.05, 0.1) is 6.61 Å². The molecule has 1 aromatic heterocycles. The van der Waals surface area contributed by atoms with Crippen molar-refractivity contribution in [2.24, 2.45) is 0 Å². The number of nitrogens with one attached hydrogen (secondary N) is 1. The molecular weight excluding hydrogens is 202 g/mol. The van der Waals surface area contributed by atoms with E-state index in [1.807, 2.05) is 19.3 Å². The van der Waals surface area contributed by atoms with Crippen LogP contribution in [0.2, 0.25) is 0 Å². The highest BCUT2D eigenvalue weighted by atomic mass is 16.3. The minimum Gasteiger partial charge on any atom is -0.395 e. The molecular formula is C12H23N3O. The van der Waals surface area contributed by atoms with Crippen molar-refractivity contribution in [2.45, 2.75) is 45.7 Å². The molecule has 0 aliphatic heterocycles. The Morgan fingerprint density at radius 2 is 2.19 bits per heavy atom. The third-order valence-corrected chi connectivity index (χ3v) is 2.61. The molecule has 0 spiro atoms. The third kappa shape index (κ3) is 3.94. The van der Waals surface area contributed by atoms with Crippen molar-refractivity contribution in [3.63, 3.8) is 0 Å².